The Morgan fingerprint density at radius 1 is 0.810 bits per heavy atom. The molecule has 0 saturated heterocycles. The molecular weight excluding hydrogens is 544 g/mol. The number of aromatic amines is 1. The Hall–Kier alpha value is -4.42. The van der Waals surface area contributed by atoms with Crippen molar-refractivity contribution in [3.05, 3.63) is 36.0 Å². The highest BCUT2D eigenvalue weighted by molar-refractivity contribution is 5.97. The Morgan fingerprint density at radius 3 is 2.07 bits per heavy atom. The Labute approximate surface area is 244 Å². The maximum Gasteiger partial charge on any atom is 0.305 e. The Balaban J connectivity index is 2.17. The quantitative estimate of drug-likeness (QED) is 0.112. The van der Waals surface area contributed by atoms with E-state index in [0.29, 0.717) is 6.42 Å². The van der Waals surface area contributed by atoms with Gasteiger partial charge in [-0.05, 0) is 18.1 Å². The summed E-state index contributed by atoms with van der Waals surface area (Å²) < 4.78 is 0. The molecule has 0 aliphatic heterocycles. The van der Waals surface area contributed by atoms with Gasteiger partial charge < -0.3 is 37.5 Å². The molecule has 42 heavy (non-hydrogen) atoms. The second kappa shape index (κ2) is 17.4. The first kappa shape index (κ1) is 33.8. The molecule has 0 aliphatic carbocycles. The topological polar surface area (TPSA) is 227 Å². The van der Waals surface area contributed by atoms with E-state index in [0.717, 1.165) is 48.6 Å². The number of carboxylic acids is 1. The summed E-state index contributed by atoms with van der Waals surface area (Å²) in [6, 6.07) is 3.19. The van der Waals surface area contributed by atoms with Crippen molar-refractivity contribution in [3.63, 3.8) is 0 Å². The number of aliphatic carboxylic acids is 1. The second-order valence-electron chi connectivity index (χ2n) is 10.3. The summed E-state index contributed by atoms with van der Waals surface area (Å²) in [5.41, 5.74) is 12.1. The van der Waals surface area contributed by atoms with Crippen molar-refractivity contribution in [3.8, 4) is 0 Å². The second-order valence-corrected chi connectivity index (χ2v) is 10.3. The van der Waals surface area contributed by atoms with Gasteiger partial charge in [0.2, 0.25) is 29.5 Å². The average Bonchev–Trinajstić information content (AvgIpc) is 3.33. The minimum atomic E-state index is -1.58. The van der Waals surface area contributed by atoms with Crippen molar-refractivity contribution in [2.45, 2.75) is 95.7 Å². The molecule has 5 amide bonds. The van der Waals surface area contributed by atoms with Crippen LogP contribution >= 0.6 is 0 Å². The number of fused-ring (bicyclic) bond motifs is 1. The van der Waals surface area contributed by atoms with Crippen LogP contribution in [0.2, 0.25) is 0 Å². The number of rotatable bonds is 20. The maximum atomic E-state index is 13.5. The number of primary amides is 2. The van der Waals surface area contributed by atoms with E-state index < -0.39 is 60.6 Å². The van der Waals surface area contributed by atoms with Crippen molar-refractivity contribution < 1.29 is 33.9 Å². The van der Waals surface area contributed by atoms with Crippen molar-refractivity contribution in [2.75, 3.05) is 0 Å². The van der Waals surface area contributed by atoms with E-state index in [1.807, 2.05) is 24.3 Å². The number of carbonyl (C=O) groups is 6. The number of carboxylic acid groups (broad SMARTS) is 1. The lowest BCUT2D eigenvalue weighted by atomic mass is 10.0. The maximum absolute atomic E-state index is 13.5. The van der Waals surface area contributed by atoms with E-state index in [9.17, 15) is 28.8 Å². The van der Waals surface area contributed by atoms with Crippen LogP contribution in [0.1, 0.15) is 76.7 Å². The zero-order valence-corrected chi connectivity index (χ0v) is 23.9. The molecular formula is C29H42N6O7. The average molecular weight is 587 g/mol. The number of unbranched alkanes of at least 4 members (excludes halogenated alkanes) is 6. The summed E-state index contributed by atoms with van der Waals surface area (Å²) in [5.74, 6) is -5.55. The molecule has 9 N–H and O–H groups in total. The van der Waals surface area contributed by atoms with Gasteiger partial charge >= 0.3 is 5.97 Å². The first-order valence-corrected chi connectivity index (χ1v) is 14.3. The summed E-state index contributed by atoms with van der Waals surface area (Å²) in [4.78, 5) is 76.7. The molecule has 13 nitrogen and oxygen atoms in total. The lowest BCUT2D eigenvalue weighted by molar-refractivity contribution is -0.140. The van der Waals surface area contributed by atoms with Crippen LogP contribution in [-0.4, -0.2) is 63.7 Å². The number of hydrogen-bond donors (Lipinski definition) is 7. The van der Waals surface area contributed by atoms with Crippen LogP contribution in [0, 0.1) is 0 Å². The third kappa shape index (κ3) is 11.6. The normalized spacial score (nSPS) is 13.1. The molecule has 2 aromatic rings. The standard InChI is InChI=1S/C29H42N6O7/c1-2-3-4-5-6-7-8-13-25(37)33-22(14-18-17-32-20-12-10-9-11-19(18)20)28(41)35-23(15-24(30)36)29(42)34-21(27(31)40)16-26(38)39/h9-12,17,21-23,32H,2-8,13-16H2,1H3,(H2,30,36)(H2,31,40)(H,33,37)(H,34,42)(H,35,41)(H,38,39). The lowest BCUT2D eigenvalue weighted by Gasteiger charge is -2.24. The largest absolute Gasteiger partial charge is 0.481 e. The van der Waals surface area contributed by atoms with Gasteiger partial charge in [0, 0.05) is 29.9 Å². The zero-order valence-electron chi connectivity index (χ0n) is 23.9. The van der Waals surface area contributed by atoms with Crippen molar-refractivity contribution in [1.82, 2.24) is 20.9 Å². The van der Waals surface area contributed by atoms with Gasteiger partial charge in [-0.25, -0.2) is 0 Å². The highest BCUT2D eigenvalue weighted by atomic mass is 16.4. The number of amides is 5. The molecule has 13 heteroatoms. The number of nitrogens with one attached hydrogen (secondary N) is 4. The van der Waals surface area contributed by atoms with Gasteiger partial charge in [0.15, 0.2) is 0 Å². The smallest absolute Gasteiger partial charge is 0.305 e. The van der Waals surface area contributed by atoms with Gasteiger partial charge in [0.25, 0.3) is 0 Å². The van der Waals surface area contributed by atoms with Crippen LogP contribution in [0.25, 0.3) is 10.9 Å². The number of para-hydroxylation sites is 1. The zero-order chi connectivity index (χ0) is 31.1. The van der Waals surface area contributed by atoms with Crippen LogP contribution in [0.15, 0.2) is 30.5 Å². The molecule has 0 fully saturated rings. The van der Waals surface area contributed by atoms with E-state index in [1.54, 1.807) is 6.20 Å². The molecule has 0 saturated carbocycles. The molecule has 1 aromatic carbocycles. The summed E-state index contributed by atoms with van der Waals surface area (Å²) >= 11 is 0. The number of benzene rings is 1. The molecule has 2 rings (SSSR count). The third-order valence-electron chi connectivity index (χ3n) is 6.84. The predicted molar refractivity (Wildman–Crippen MR) is 156 cm³/mol. The summed E-state index contributed by atoms with van der Waals surface area (Å²) in [6.45, 7) is 2.15. The van der Waals surface area contributed by atoms with Gasteiger partial charge in [-0.1, -0.05) is 63.6 Å². The SMILES string of the molecule is CCCCCCCCCC(=O)NC(Cc1c[nH]c2ccccc12)C(=O)NC(CC(N)=O)C(=O)NC(CC(=O)O)C(N)=O. The van der Waals surface area contributed by atoms with Crippen LogP contribution in [0.3, 0.4) is 0 Å². The van der Waals surface area contributed by atoms with Gasteiger partial charge in [-0.3, -0.25) is 28.8 Å². The number of H-pyrrole nitrogens is 1. The molecule has 3 unspecified atom stereocenters. The van der Waals surface area contributed by atoms with E-state index in [4.69, 9.17) is 16.6 Å². The van der Waals surface area contributed by atoms with Crippen molar-refractivity contribution in [2.24, 2.45) is 11.5 Å². The van der Waals surface area contributed by atoms with Gasteiger partial charge in [-0.2, -0.15) is 0 Å². The van der Waals surface area contributed by atoms with E-state index in [2.05, 4.69) is 27.9 Å². The lowest BCUT2D eigenvalue weighted by Crippen LogP contribution is -2.57. The number of carbonyl (C=O) groups excluding carboxylic acids is 5. The Morgan fingerprint density at radius 2 is 1.43 bits per heavy atom. The molecule has 230 valence electrons. The van der Waals surface area contributed by atoms with Crippen LogP contribution in [-0.2, 0) is 35.2 Å². The number of hydrogen-bond acceptors (Lipinski definition) is 6. The first-order valence-electron chi connectivity index (χ1n) is 14.3. The molecule has 0 spiro atoms. The van der Waals surface area contributed by atoms with E-state index in [1.165, 1.54) is 6.42 Å². The fourth-order valence-electron chi connectivity index (χ4n) is 4.59. The van der Waals surface area contributed by atoms with Crippen LogP contribution in [0.5, 0.6) is 0 Å². The first-order chi connectivity index (χ1) is 20.0. The summed E-state index contributed by atoms with van der Waals surface area (Å²) in [7, 11) is 0. The number of aromatic nitrogens is 1. The Kier molecular flexibility index (Phi) is 14.0. The monoisotopic (exact) mass is 586 g/mol. The van der Waals surface area contributed by atoms with Crippen molar-refractivity contribution >= 4 is 46.4 Å². The minimum absolute atomic E-state index is 0.0758. The van der Waals surface area contributed by atoms with E-state index in [-0.39, 0.29) is 18.7 Å². The van der Waals surface area contributed by atoms with Crippen LogP contribution < -0.4 is 27.4 Å². The third-order valence-corrected chi connectivity index (χ3v) is 6.84. The van der Waals surface area contributed by atoms with Crippen molar-refractivity contribution in [1.29, 1.82) is 0 Å². The van der Waals surface area contributed by atoms with Gasteiger partial charge in [-0.15, -0.1) is 0 Å². The molecule has 0 bridgehead atoms. The van der Waals surface area contributed by atoms with Crippen LogP contribution in [0.4, 0.5) is 0 Å². The fourth-order valence-corrected chi connectivity index (χ4v) is 4.59. The van der Waals surface area contributed by atoms with Gasteiger partial charge in [0.05, 0.1) is 12.8 Å². The van der Waals surface area contributed by atoms with E-state index >= 15 is 0 Å². The highest BCUT2D eigenvalue weighted by Crippen LogP contribution is 2.19. The molecule has 1 aromatic heterocycles. The van der Waals surface area contributed by atoms with Gasteiger partial charge in [0.1, 0.15) is 18.1 Å². The molecule has 3 atom stereocenters. The fraction of sp³-hybridized carbons (Fsp3) is 0.517. The predicted octanol–water partition coefficient (Wildman–Crippen LogP) is 1.14. The molecule has 1 heterocycles. The molecule has 0 aliphatic rings. The summed E-state index contributed by atoms with van der Waals surface area (Å²) in [6.07, 6.45) is 7.74. The highest BCUT2D eigenvalue weighted by Gasteiger charge is 2.31. The summed E-state index contributed by atoms with van der Waals surface area (Å²) in [5, 5.41) is 17.2. The number of nitrogens with two attached hydrogens (primary N) is 2. The Bertz CT molecular complexity index is 1240. The molecule has 0 radical (unpaired) electrons. The minimum Gasteiger partial charge on any atom is -0.481 e.